The maximum Gasteiger partial charge on any atom is 0.410 e. The summed E-state index contributed by atoms with van der Waals surface area (Å²) in [6.07, 6.45) is 1.40. The van der Waals surface area contributed by atoms with E-state index in [1.54, 1.807) is 11.0 Å². The second-order valence-corrected chi connectivity index (χ2v) is 9.46. The number of piperidine rings is 1. The maximum atomic E-state index is 13.5. The van der Waals surface area contributed by atoms with E-state index in [2.05, 4.69) is 34.1 Å². The summed E-state index contributed by atoms with van der Waals surface area (Å²) < 4.78 is 25.2. The molecule has 0 bridgehead atoms. The van der Waals surface area contributed by atoms with Gasteiger partial charge in [-0.25, -0.2) is 9.18 Å². The van der Waals surface area contributed by atoms with Gasteiger partial charge in [-0.3, -0.25) is 4.90 Å². The standard InChI is InChI=1S/C26H31FN4O3/c1-18-16-31(19(2)15-30(18)25-28-23-9-8-21(27)14-24(23)34-25)26(32)33-22-10-12-29(13-11-22)17-20-6-4-3-5-7-20/h3-9,14,18-19,22H,10-13,15-17H2,1-2H3/t18-,19+/m0/s1. The molecule has 0 radical (unpaired) electrons. The lowest BCUT2D eigenvalue weighted by Crippen LogP contribution is -2.59. The number of benzene rings is 2. The Labute approximate surface area is 199 Å². The smallest absolute Gasteiger partial charge is 0.410 e. The predicted molar refractivity (Wildman–Crippen MR) is 128 cm³/mol. The van der Waals surface area contributed by atoms with Crippen molar-refractivity contribution in [1.29, 1.82) is 0 Å². The molecular formula is C26H31FN4O3. The van der Waals surface area contributed by atoms with Gasteiger partial charge in [0, 0.05) is 50.9 Å². The molecule has 0 unspecified atom stereocenters. The highest BCUT2D eigenvalue weighted by Gasteiger charge is 2.36. The molecule has 1 aromatic heterocycles. The van der Waals surface area contributed by atoms with Gasteiger partial charge in [0.1, 0.15) is 17.4 Å². The molecule has 8 heteroatoms. The Morgan fingerprint density at radius 2 is 1.85 bits per heavy atom. The van der Waals surface area contributed by atoms with Crippen LogP contribution in [0, 0.1) is 5.82 Å². The first kappa shape index (κ1) is 22.7. The van der Waals surface area contributed by atoms with Crippen molar-refractivity contribution in [2.24, 2.45) is 0 Å². The Bertz CT molecular complexity index is 1130. The van der Waals surface area contributed by atoms with Crippen LogP contribution in [0.3, 0.4) is 0 Å². The van der Waals surface area contributed by atoms with Crippen molar-refractivity contribution in [1.82, 2.24) is 14.8 Å². The van der Waals surface area contributed by atoms with Crippen LogP contribution >= 0.6 is 0 Å². The fourth-order valence-corrected chi connectivity index (χ4v) is 4.89. The summed E-state index contributed by atoms with van der Waals surface area (Å²) in [5, 5.41) is 0. The normalized spacial score (nSPS) is 22.3. The van der Waals surface area contributed by atoms with Gasteiger partial charge in [-0.05, 0) is 44.4 Å². The molecule has 0 N–H and O–H groups in total. The number of oxazole rings is 1. The van der Waals surface area contributed by atoms with E-state index < -0.39 is 0 Å². The molecule has 2 aliphatic heterocycles. The van der Waals surface area contributed by atoms with Crippen LogP contribution in [-0.2, 0) is 11.3 Å². The van der Waals surface area contributed by atoms with E-state index in [-0.39, 0.29) is 30.1 Å². The number of ether oxygens (including phenoxy) is 1. The first-order chi connectivity index (χ1) is 16.5. The first-order valence-corrected chi connectivity index (χ1v) is 12.0. The monoisotopic (exact) mass is 466 g/mol. The van der Waals surface area contributed by atoms with Crippen LogP contribution in [0.5, 0.6) is 0 Å². The van der Waals surface area contributed by atoms with Crippen LogP contribution in [0.25, 0.3) is 11.1 Å². The fraction of sp³-hybridized carbons (Fsp3) is 0.462. The van der Waals surface area contributed by atoms with Gasteiger partial charge in [0.25, 0.3) is 6.01 Å². The lowest BCUT2D eigenvalue weighted by Gasteiger charge is -2.43. The molecular weight excluding hydrogens is 435 g/mol. The van der Waals surface area contributed by atoms with Crippen molar-refractivity contribution in [2.75, 3.05) is 31.1 Å². The van der Waals surface area contributed by atoms with Crippen molar-refractivity contribution in [3.8, 4) is 0 Å². The molecule has 3 heterocycles. The molecule has 180 valence electrons. The molecule has 2 aromatic carbocycles. The molecule has 5 rings (SSSR count). The fourth-order valence-electron chi connectivity index (χ4n) is 4.89. The number of amides is 1. The third-order valence-corrected chi connectivity index (χ3v) is 6.86. The predicted octanol–water partition coefficient (Wildman–Crippen LogP) is 4.67. The van der Waals surface area contributed by atoms with Crippen LogP contribution in [0.15, 0.2) is 52.9 Å². The number of anilines is 1. The SMILES string of the molecule is C[C@@H]1CN(c2nc3ccc(F)cc3o2)[C@@H](C)CN1C(=O)OC1CCN(Cc2ccccc2)CC1. The van der Waals surface area contributed by atoms with E-state index in [9.17, 15) is 9.18 Å². The van der Waals surface area contributed by atoms with Crippen molar-refractivity contribution >= 4 is 23.2 Å². The number of fused-ring (bicyclic) bond motifs is 1. The second-order valence-electron chi connectivity index (χ2n) is 9.46. The number of hydrogen-bond donors (Lipinski definition) is 0. The molecule has 0 aliphatic carbocycles. The molecule has 3 aromatic rings. The van der Waals surface area contributed by atoms with Crippen molar-refractivity contribution in [3.05, 3.63) is 59.9 Å². The van der Waals surface area contributed by atoms with Gasteiger partial charge in [0.15, 0.2) is 5.58 Å². The van der Waals surface area contributed by atoms with Gasteiger partial charge in [-0.2, -0.15) is 4.98 Å². The summed E-state index contributed by atoms with van der Waals surface area (Å²) >= 11 is 0. The summed E-state index contributed by atoms with van der Waals surface area (Å²) in [7, 11) is 0. The van der Waals surface area contributed by atoms with E-state index in [1.807, 2.05) is 24.8 Å². The van der Waals surface area contributed by atoms with E-state index >= 15 is 0 Å². The van der Waals surface area contributed by atoms with Crippen LogP contribution in [-0.4, -0.2) is 65.2 Å². The van der Waals surface area contributed by atoms with Crippen molar-refractivity contribution in [3.63, 3.8) is 0 Å². The third-order valence-electron chi connectivity index (χ3n) is 6.86. The van der Waals surface area contributed by atoms with Gasteiger partial charge < -0.3 is 19.0 Å². The number of rotatable bonds is 4. The molecule has 2 saturated heterocycles. The highest BCUT2D eigenvalue weighted by Crippen LogP contribution is 2.28. The Morgan fingerprint density at radius 1 is 1.09 bits per heavy atom. The van der Waals surface area contributed by atoms with Gasteiger partial charge in [-0.15, -0.1) is 0 Å². The molecule has 34 heavy (non-hydrogen) atoms. The van der Waals surface area contributed by atoms with Crippen LogP contribution < -0.4 is 4.90 Å². The van der Waals surface area contributed by atoms with Gasteiger partial charge in [-0.1, -0.05) is 30.3 Å². The number of carbonyl (C=O) groups excluding carboxylic acids is 1. The highest BCUT2D eigenvalue weighted by molar-refractivity contribution is 5.75. The van der Waals surface area contributed by atoms with Crippen molar-refractivity contribution in [2.45, 2.75) is 51.4 Å². The average molecular weight is 467 g/mol. The molecule has 1 amide bonds. The zero-order valence-electron chi connectivity index (χ0n) is 19.7. The summed E-state index contributed by atoms with van der Waals surface area (Å²) in [5.41, 5.74) is 2.36. The molecule has 2 fully saturated rings. The topological polar surface area (TPSA) is 62.1 Å². The Kier molecular flexibility index (Phi) is 6.41. The second kappa shape index (κ2) is 9.62. The summed E-state index contributed by atoms with van der Waals surface area (Å²) in [6, 6.07) is 15.2. The number of piperazine rings is 1. The Balaban J connectivity index is 1.15. The van der Waals surface area contributed by atoms with E-state index in [0.29, 0.717) is 30.2 Å². The number of halogens is 1. The van der Waals surface area contributed by atoms with E-state index in [1.165, 1.54) is 17.7 Å². The van der Waals surface area contributed by atoms with Gasteiger partial charge in [0.05, 0.1) is 0 Å². The highest BCUT2D eigenvalue weighted by atomic mass is 19.1. The number of carbonyl (C=O) groups is 1. The average Bonchev–Trinajstić information content (AvgIpc) is 3.25. The molecule has 0 spiro atoms. The zero-order valence-corrected chi connectivity index (χ0v) is 19.7. The van der Waals surface area contributed by atoms with E-state index in [4.69, 9.17) is 9.15 Å². The molecule has 0 saturated carbocycles. The minimum absolute atomic E-state index is 0.00520. The largest absolute Gasteiger partial charge is 0.446 e. The number of nitrogens with zero attached hydrogens (tertiary/aromatic N) is 4. The number of hydrogen-bond acceptors (Lipinski definition) is 6. The lowest BCUT2D eigenvalue weighted by atomic mass is 10.1. The maximum absolute atomic E-state index is 13.5. The van der Waals surface area contributed by atoms with Crippen LogP contribution in [0.2, 0.25) is 0 Å². The van der Waals surface area contributed by atoms with E-state index in [0.717, 1.165) is 32.5 Å². The number of aromatic nitrogens is 1. The Morgan fingerprint density at radius 3 is 2.62 bits per heavy atom. The minimum atomic E-state index is -0.352. The van der Waals surface area contributed by atoms with Gasteiger partial charge in [0.2, 0.25) is 0 Å². The number of likely N-dealkylation sites (tertiary alicyclic amines) is 1. The Hall–Kier alpha value is -3.13. The quantitative estimate of drug-likeness (QED) is 0.557. The van der Waals surface area contributed by atoms with Gasteiger partial charge >= 0.3 is 6.09 Å². The summed E-state index contributed by atoms with van der Waals surface area (Å²) in [4.78, 5) is 23.8. The molecule has 2 atom stereocenters. The summed E-state index contributed by atoms with van der Waals surface area (Å²) in [6.45, 7) is 7.89. The van der Waals surface area contributed by atoms with Crippen molar-refractivity contribution < 1.29 is 18.3 Å². The zero-order chi connectivity index (χ0) is 23.7. The van der Waals surface area contributed by atoms with Crippen LogP contribution in [0.4, 0.5) is 15.2 Å². The summed E-state index contributed by atoms with van der Waals surface area (Å²) in [5.74, 6) is -0.352. The van der Waals surface area contributed by atoms with Crippen LogP contribution in [0.1, 0.15) is 32.3 Å². The molecule has 7 nitrogen and oxygen atoms in total. The lowest BCUT2D eigenvalue weighted by molar-refractivity contribution is 0.0163. The third kappa shape index (κ3) is 4.87. The minimum Gasteiger partial charge on any atom is -0.446 e. The molecule has 2 aliphatic rings. The first-order valence-electron chi connectivity index (χ1n) is 12.0.